The summed E-state index contributed by atoms with van der Waals surface area (Å²) in [7, 11) is 0. The predicted octanol–water partition coefficient (Wildman–Crippen LogP) is -0.151. The quantitative estimate of drug-likeness (QED) is 0.626. The van der Waals surface area contributed by atoms with Crippen LogP contribution in [0.4, 0.5) is 0 Å². The number of aliphatic hydroxyl groups excluding tert-OH is 1. The lowest BCUT2D eigenvalue weighted by molar-refractivity contribution is 0.0851. The molecule has 0 spiro atoms. The number of nitrogens with zero attached hydrogens (tertiary/aromatic N) is 3. The Hall–Kier alpha value is -0.940. The van der Waals surface area contributed by atoms with E-state index < -0.39 is 0 Å². The van der Waals surface area contributed by atoms with Gasteiger partial charge in [0.25, 0.3) is 0 Å². The molecule has 0 saturated heterocycles. The van der Waals surface area contributed by atoms with Crippen LogP contribution < -0.4 is 0 Å². The van der Waals surface area contributed by atoms with Crippen LogP contribution in [-0.2, 0) is 17.7 Å². The van der Waals surface area contributed by atoms with Crippen LogP contribution in [0.5, 0.6) is 0 Å². The van der Waals surface area contributed by atoms with Gasteiger partial charge in [-0.2, -0.15) is 0 Å². The average molecular weight is 185 g/mol. The van der Waals surface area contributed by atoms with E-state index in [9.17, 15) is 0 Å². The zero-order chi connectivity index (χ0) is 9.52. The van der Waals surface area contributed by atoms with Gasteiger partial charge in [0.2, 0.25) is 0 Å². The molecule has 1 rings (SSSR count). The Morgan fingerprint density at radius 1 is 1.54 bits per heavy atom. The highest BCUT2D eigenvalue weighted by atomic mass is 16.5. The second-order valence-corrected chi connectivity index (χ2v) is 2.66. The van der Waals surface area contributed by atoms with E-state index >= 15 is 0 Å². The third kappa shape index (κ3) is 3.52. The molecule has 0 bridgehead atoms. The molecule has 1 N–H and O–H groups in total. The van der Waals surface area contributed by atoms with Crippen molar-refractivity contribution in [2.75, 3.05) is 19.8 Å². The first-order valence-corrected chi connectivity index (χ1v) is 4.44. The van der Waals surface area contributed by atoms with Crippen LogP contribution in [0.1, 0.15) is 12.6 Å². The van der Waals surface area contributed by atoms with Crippen LogP contribution in [0.15, 0.2) is 6.20 Å². The Morgan fingerprint density at radius 3 is 3.00 bits per heavy atom. The number of hydrogen-bond donors (Lipinski definition) is 1. The number of ether oxygens (including phenoxy) is 1. The van der Waals surface area contributed by atoms with E-state index in [1.165, 1.54) is 0 Å². The molecule has 0 radical (unpaired) electrons. The van der Waals surface area contributed by atoms with Crippen molar-refractivity contribution >= 4 is 0 Å². The van der Waals surface area contributed by atoms with E-state index in [1.807, 2.05) is 13.1 Å². The molecule has 1 heterocycles. The maximum absolute atomic E-state index is 8.45. The fraction of sp³-hybridized carbons (Fsp3) is 0.750. The largest absolute Gasteiger partial charge is 0.394 e. The molecule has 0 aliphatic carbocycles. The highest BCUT2D eigenvalue weighted by Gasteiger charge is 1.97. The Bertz CT molecular complexity index is 237. The summed E-state index contributed by atoms with van der Waals surface area (Å²) in [5.74, 6) is 0. The molecule has 1 aromatic rings. The maximum atomic E-state index is 8.45. The van der Waals surface area contributed by atoms with E-state index in [-0.39, 0.29) is 6.61 Å². The molecular weight excluding hydrogens is 170 g/mol. The lowest BCUT2D eigenvalue weighted by Crippen LogP contribution is -2.08. The van der Waals surface area contributed by atoms with Crippen molar-refractivity contribution in [1.29, 1.82) is 0 Å². The summed E-state index contributed by atoms with van der Waals surface area (Å²) >= 11 is 0. The third-order valence-corrected chi connectivity index (χ3v) is 1.65. The molecule has 0 aromatic carbocycles. The first-order chi connectivity index (χ1) is 6.36. The zero-order valence-corrected chi connectivity index (χ0v) is 7.81. The molecule has 0 aliphatic heterocycles. The van der Waals surface area contributed by atoms with Gasteiger partial charge in [-0.05, 0) is 6.42 Å². The van der Waals surface area contributed by atoms with Crippen LogP contribution in [0.25, 0.3) is 0 Å². The first-order valence-electron chi connectivity index (χ1n) is 4.44. The molecular formula is C8H15N3O2. The van der Waals surface area contributed by atoms with Gasteiger partial charge < -0.3 is 9.84 Å². The second kappa shape index (κ2) is 5.66. The van der Waals surface area contributed by atoms with Gasteiger partial charge in [-0.25, -0.2) is 4.68 Å². The van der Waals surface area contributed by atoms with Crippen LogP contribution in [-0.4, -0.2) is 39.9 Å². The Labute approximate surface area is 77.3 Å². The number of aromatic nitrogens is 3. The minimum Gasteiger partial charge on any atom is -0.394 e. The topological polar surface area (TPSA) is 60.2 Å². The third-order valence-electron chi connectivity index (χ3n) is 1.65. The summed E-state index contributed by atoms with van der Waals surface area (Å²) < 4.78 is 6.84. The molecule has 5 heteroatoms. The summed E-state index contributed by atoms with van der Waals surface area (Å²) in [4.78, 5) is 0. The molecule has 0 saturated carbocycles. The van der Waals surface area contributed by atoms with Crippen LogP contribution >= 0.6 is 0 Å². The Kier molecular flexibility index (Phi) is 4.42. The molecule has 1 aromatic heterocycles. The first kappa shape index (κ1) is 10.1. The van der Waals surface area contributed by atoms with E-state index in [2.05, 4.69) is 10.3 Å². The molecule has 0 atom stereocenters. The van der Waals surface area contributed by atoms with E-state index in [0.717, 1.165) is 12.1 Å². The maximum Gasteiger partial charge on any atom is 0.0824 e. The second-order valence-electron chi connectivity index (χ2n) is 2.66. The SMILES string of the molecule is CCc1cn(CCOCCO)nn1. The van der Waals surface area contributed by atoms with Crippen molar-refractivity contribution in [2.45, 2.75) is 19.9 Å². The highest BCUT2D eigenvalue weighted by Crippen LogP contribution is 1.93. The number of hydrogen-bond acceptors (Lipinski definition) is 4. The number of rotatable bonds is 6. The lowest BCUT2D eigenvalue weighted by Gasteiger charge is -2.00. The summed E-state index contributed by atoms with van der Waals surface area (Å²) in [6, 6.07) is 0. The molecule has 0 unspecified atom stereocenters. The molecule has 74 valence electrons. The zero-order valence-electron chi connectivity index (χ0n) is 7.81. The van der Waals surface area contributed by atoms with Crippen LogP contribution in [0, 0.1) is 0 Å². The van der Waals surface area contributed by atoms with Crippen molar-refractivity contribution in [3.8, 4) is 0 Å². The van der Waals surface area contributed by atoms with Crippen LogP contribution in [0.3, 0.4) is 0 Å². The lowest BCUT2D eigenvalue weighted by atomic mass is 10.4. The van der Waals surface area contributed by atoms with Gasteiger partial charge in [-0.1, -0.05) is 12.1 Å². The van der Waals surface area contributed by atoms with Gasteiger partial charge in [-0.15, -0.1) is 5.10 Å². The fourth-order valence-electron chi connectivity index (χ4n) is 0.935. The molecule has 0 aliphatic rings. The standard InChI is InChI=1S/C8H15N3O2/c1-2-8-7-11(10-9-8)3-5-13-6-4-12/h7,12H,2-6H2,1H3. The molecule has 0 fully saturated rings. The summed E-state index contributed by atoms with van der Waals surface area (Å²) in [6.07, 6.45) is 2.81. The van der Waals surface area contributed by atoms with Gasteiger partial charge in [-0.3, -0.25) is 0 Å². The van der Waals surface area contributed by atoms with Crippen molar-refractivity contribution in [1.82, 2.24) is 15.0 Å². The van der Waals surface area contributed by atoms with E-state index in [1.54, 1.807) is 4.68 Å². The van der Waals surface area contributed by atoms with Crippen molar-refractivity contribution in [3.05, 3.63) is 11.9 Å². The van der Waals surface area contributed by atoms with Gasteiger partial charge in [0.15, 0.2) is 0 Å². The van der Waals surface area contributed by atoms with Crippen molar-refractivity contribution in [3.63, 3.8) is 0 Å². The number of aliphatic hydroxyl groups is 1. The molecule has 13 heavy (non-hydrogen) atoms. The minimum absolute atomic E-state index is 0.0670. The van der Waals surface area contributed by atoms with Gasteiger partial charge in [0.1, 0.15) is 0 Å². The molecule has 5 nitrogen and oxygen atoms in total. The van der Waals surface area contributed by atoms with Gasteiger partial charge >= 0.3 is 0 Å². The summed E-state index contributed by atoms with van der Waals surface area (Å²) in [6.45, 7) is 3.74. The smallest absolute Gasteiger partial charge is 0.0824 e. The fourth-order valence-corrected chi connectivity index (χ4v) is 0.935. The van der Waals surface area contributed by atoms with Gasteiger partial charge in [0.05, 0.1) is 32.1 Å². The normalized spacial score (nSPS) is 10.6. The molecule has 0 amide bonds. The van der Waals surface area contributed by atoms with Crippen molar-refractivity contribution in [2.24, 2.45) is 0 Å². The Balaban J connectivity index is 2.20. The average Bonchev–Trinajstić information content (AvgIpc) is 2.60. The van der Waals surface area contributed by atoms with E-state index in [4.69, 9.17) is 9.84 Å². The highest BCUT2D eigenvalue weighted by molar-refractivity contribution is 4.90. The van der Waals surface area contributed by atoms with Gasteiger partial charge in [0, 0.05) is 6.20 Å². The summed E-state index contributed by atoms with van der Waals surface area (Å²) in [5, 5.41) is 16.3. The number of aryl methyl sites for hydroxylation is 1. The van der Waals surface area contributed by atoms with Crippen LogP contribution in [0.2, 0.25) is 0 Å². The van der Waals surface area contributed by atoms with Crippen molar-refractivity contribution < 1.29 is 9.84 Å². The monoisotopic (exact) mass is 185 g/mol. The Morgan fingerprint density at radius 2 is 2.38 bits per heavy atom. The minimum atomic E-state index is 0.0670. The van der Waals surface area contributed by atoms with E-state index in [0.29, 0.717) is 19.8 Å². The summed E-state index contributed by atoms with van der Waals surface area (Å²) in [5.41, 5.74) is 0.988. The predicted molar refractivity (Wildman–Crippen MR) is 47.3 cm³/mol.